The van der Waals surface area contributed by atoms with Gasteiger partial charge in [0.2, 0.25) is 11.8 Å². The molecule has 24 heavy (non-hydrogen) atoms. The maximum Gasteiger partial charge on any atom is 0.233 e. The van der Waals surface area contributed by atoms with Crippen LogP contribution in [-0.2, 0) is 9.59 Å². The van der Waals surface area contributed by atoms with Crippen LogP contribution >= 0.6 is 0 Å². The fraction of sp³-hybridized carbons (Fsp3) is 0.222. The number of rotatable bonds is 7. The highest BCUT2D eigenvalue weighted by molar-refractivity contribution is 6.08. The summed E-state index contributed by atoms with van der Waals surface area (Å²) in [5.74, 6) is 0.573. The van der Waals surface area contributed by atoms with Crippen molar-refractivity contribution in [1.29, 1.82) is 0 Å². The molecule has 2 amide bonds. The van der Waals surface area contributed by atoms with Gasteiger partial charge in [0.15, 0.2) is 0 Å². The van der Waals surface area contributed by atoms with Crippen molar-refractivity contribution in [2.45, 2.75) is 13.3 Å². The van der Waals surface area contributed by atoms with E-state index in [2.05, 4.69) is 10.6 Å². The zero-order valence-electron chi connectivity index (χ0n) is 13.7. The second kappa shape index (κ2) is 8.57. The van der Waals surface area contributed by atoms with E-state index in [1.807, 2.05) is 6.92 Å². The molecule has 0 aromatic heterocycles. The zero-order chi connectivity index (χ0) is 17.4. The molecule has 0 aliphatic heterocycles. The first-order chi connectivity index (χ1) is 11.6. The molecule has 2 aromatic carbocycles. The Hall–Kier alpha value is -3.02. The summed E-state index contributed by atoms with van der Waals surface area (Å²) in [5.41, 5.74) is 1.19. The minimum atomic E-state index is -0.397. The lowest BCUT2D eigenvalue weighted by atomic mass is 10.2. The lowest BCUT2D eigenvalue weighted by Gasteiger charge is -2.08. The Labute approximate surface area is 140 Å². The van der Waals surface area contributed by atoms with Crippen LogP contribution in [0.25, 0.3) is 0 Å². The molecule has 0 fully saturated rings. The molecule has 0 bridgehead atoms. The lowest BCUT2D eigenvalue weighted by Crippen LogP contribution is -2.21. The number of carbonyl (C=O) groups excluding carboxylic acids is 2. The van der Waals surface area contributed by atoms with Gasteiger partial charge in [-0.3, -0.25) is 9.59 Å². The number of ether oxygens (including phenoxy) is 2. The third kappa shape index (κ3) is 5.31. The number of hydrogen-bond acceptors (Lipinski definition) is 4. The molecule has 0 unspecified atom stereocenters. The van der Waals surface area contributed by atoms with Crippen LogP contribution in [0.15, 0.2) is 48.5 Å². The van der Waals surface area contributed by atoms with E-state index >= 15 is 0 Å². The van der Waals surface area contributed by atoms with Crippen molar-refractivity contribution in [1.82, 2.24) is 0 Å². The highest BCUT2D eigenvalue weighted by Gasteiger charge is 2.10. The van der Waals surface area contributed by atoms with Gasteiger partial charge in [-0.15, -0.1) is 0 Å². The van der Waals surface area contributed by atoms with Crippen LogP contribution in [0.5, 0.6) is 11.5 Å². The van der Waals surface area contributed by atoms with Crippen molar-refractivity contribution in [2.75, 3.05) is 24.4 Å². The first-order valence-corrected chi connectivity index (χ1v) is 7.57. The van der Waals surface area contributed by atoms with Crippen molar-refractivity contribution >= 4 is 23.2 Å². The van der Waals surface area contributed by atoms with E-state index in [4.69, 9.17) is 9.47 Å². The normalized spacial score (nSPS) is 9.92. The Morgan fingerprint density at radius 2 is 1.58 bits per heavy atom. The fourth-order valence-corrected chi connectivity index (χ4v) is 2.06. The average Bonchev–Trinajstić information content (AvgIpc) is 2.57. The molecule has 0 spiro atoms. The van der Waals surface area contributed by atoms with Crippen LogP contribution in [0.1, 0.15) is 13.3 Å². The van der Waals surface area contributed by atoms with E-state index in [1.165, 1.54) is 0 Å². The molecule has 2 rings (SSSR count). The smallest absolute Gasteiger partial charge is 0.233 e. The molecule has 0 saturated heterocycles. The largest absolute Gasteiger partial charge is 0.497 e. The van der Waals surface area contributed by atoms with Gasteiger partial charge in [-0.25, -0.2) is 0 Å². The molecule has 0 aliphatic rings. The topological polar surface area (TPSA) is 76.7 Å². The minimum absolute atomic E-state index is 0.273. The number of carbonyl (C=O) groups is 2. The van der Waals surface area contributed by atoms with Crippen molar-refractivity contribution in [3.8, 4) is 11.5 Å². The molecule has 0 heterocycles. The summed E-state index contributed by atoms with van der Waals surface area (Å²) in [6.45, 7) is 2.48. The van der Waals surface area contributed by atoms with Crippen LogP contribution in [0, 0.1) is 0 Å². The number of anilines is 2. The van der Waals surface area contributed by atoms with Crippen LogP contribution in [0.3, 0.4) is 0 Å². The maximum atomic E-state index is 11.9. The number of methoxy groups -OCH3 is 1. The van der Waals surface area contributed by atoms with E-state index in [0.717, 1.165) is 5.75 Å². The lowest BCUT2D eigenvalue weighted by molar-refractivity contribution is -0.123. The molecule has 2 N–H and O–H groups in total. The van der Waals surface area contributed by atoms with E-state index in [0.29, 0.717) is 23.7 Å². The molecule has 0 aliphatic carbocycles. The molecule has 0 atom stereocenters. The summed E-state index contributed by atoms with van der Waals surface area (Å²) in [4.78, 5) is 23.8. The van der Waals surface area contributed by atoms with Gasteiger partial charge < -0.3 is 20.1 Å². The molecule has 6 heteroatoms. The Morgan fingerprint density at radius 3 is 2.21 bits per heavy atom. The second-order valence-electron chi connectivity index (χ2n) is 4.96. The summed E-state index contributed by atoms with van der Waals surface area (Å²) < 4.78 is 10.4. The van der Waals surface area contributed by atoms with Gasteiger partial charge in [0.05, 0.1) is 13.7 Å². The van der Waals surface area contributed by atoms with Crippen LogP contribution in [0.4, 0.5) is 11.4 Å². The predicted octanol–water partition coefficient (Wildman–Crippen LogP) is 3.06. The van der Waals surface area contributed by atoms with E-state index in [9.17, 15) is 9.59 Å². The molecule has 126 valence electrons. The average molecular weight is 328 g/mol. The monoisotopic (exact) mass is 328 g/mol. The fourth-order valence-electron chi connectivity index (χ4n) is 2.06. The van der Waals surface area contributed by atoms with Crippen LogP contribution < -0.4 is 20.1 Å². The number of benzene rings is 2. The zero-order valence-corrected chi connectivity index (χ0v) is 13.7. The summed E-state index contributed by atoms with van der Waals surface area (Å²) >= 11 is 0. The Bertz CT molecular complexity index is 698. The van der Waals surface area contributed by atoms with E-state index in [-0.39, 0.29) is 12.3 Å². The van der Waals surface area contributed by atoms with Gasteiger partial charge in [0.25, 0.3) is 0 Å². The predicted molar refractivity (Wildman–Crippen MR) is 92.5 cm³/mol. The van der Waals surface area contributed by atoms with Crippen molar-refractivity contribution in [2.24, 2.45) is 0 Å². The van der Waals surface area contributed by atoms with Crippen LogP contribution in [0.2, 0.25) is 0 Å². The first kappa shape index (κ1) is 17.3. The SMILES string of the molecule is CCOc1ccc(NC(=O)CC(=O)Nc2cccc(OC)c2)cc1. The number of hydrogen-bond donors (Lipinski definition) is 2. The summed E-state index contributed by atoms with van der Waals surface area (Å²) in [6.07, 6.45) is -0.273. The molecular weight excluding hydrogens is 308 g/mol. The molecule has 0 radical (unpaired) electrons. The van der Waals surface area contributed by atoms with Gasteiger partial charge in [-0.05, 0) is 43.3 Å². The van der Waals surface area contributed by atoms with Gasteiger partial charge in [-0.1, -0.05) is 6.07 Å². The second-order valence-corrected chi connectivity index (χ2v) is 4.96. The summed E-state index contributed by atoms with van der Waals surface area (Å²) in [5, 5.41) is 5.33. The van der Waals surface area contributed by atoms with Gasteiger partial charge in [-0.2, -0.15) is 0 Å². The highest BCUT2D eigenvalue weighted by Crippen LogP contribution is 2.17. The molecular formula is C18H20N2O4. The van der Waals surface area contributed by atoms with E-state index in [1.54, 1.807) is 55.6 Å². The first-order valence-electron chi connectivity index (χ1n) is 7.57. The Morgan fingerprint density at radius 1 is 0.917 bits per heavy atom. The maximum absolute atomic E-state index is 11.9. The van der Waals surface area contributed by atoms with Gasteiger partial charge in [0, 0.05) is 17.4 Å². The third-order valence-electron chi connectivity index (χ3n) is 3.12. The van der Waals surface area contributed by atoms with Crippen LogP contribution in [-0.4, -0.2) is 25.5 Å². The molecule has 6 nitrogen and oxygen atoms in total. The minimum Gasteiger partial charge on any atom is -0.497 e. The Balaban J connectivity index is 1.85. The quantitative estimate of drug-likeness (QED) is 0.766. The van der Waals surface area contributed by atoms with Crippen molar-refractivity contribution in [3.05, 3.63) is 48.5 Å². The summed E-state index contributed by atoms with van der Waals surface area (Å²) in [7, 11) is 1.55. The van der Waals surface area contributed by atoms with Crippen molar-refractivity contribution in [3.63, 3.8) is 0 Å². The third-order valence-corrected chi connectivity index (χ3v) is 3.12. The van der Waals surface area contributed by atoms with Gasteiger partial charge in [0.1, 0.15) is 17.9 Å². The van der Waals surface area contributed by atoms with Gasteiger partial charge >= 0.3 is 0 Å². The summed E-state index contributed by atoms with van der Waals surface area (Å²) in [6, 6.07) is 13.9. The van der Waals surface area contributed by atoms with E-state index < -0.39 is 5.91 Å². The molecule has 0 saturated carbocycles. The number of amides is 2. The molecule has 2 aromatic rings. The van der Waals surface area contributed by atoms with Crippen molar-refractivity contribution < 1.29 is 19.1 Å². The highest BCUT2D eigenvalue weighted by atomic mass is 16.5. The Kier molecular flexibility index (Phi) is 6.19. The number of nitrogens with one attached hydrogen (secondary N) is 2. The standard InChI is InChI=1S/C18H20N2O4/c1-3-24-15-9-7-13(8-10-15)19-17(21)12-18(22)20-14-5-4-6-16(11-14)23-2/h4-11H,3,12H2,1-2H3,(H,19,21)(H,20,22).